The highest BCUT2D eigenvalue weighted by Gasteiger charge is 2.50. The van der Waals surface area contributed by atoms with E-state index in [4.69, 9.17) is 0 Å². The molecule has 15 heavy (non-hydrogen) atoms. The summed E-state index contributed by atoms with van der Waals surface area (Å²) in [6.45, 7) is 1.67. The second-order valence-electron chi connectivity index (χ2n) is 4.25. The number of hydrogen-bond donors (Lipinski definition) is 1. The fourth-order valence-corrected chi connectivity index (χ4v) is 2.23. The maximum atomic E-state index is 11.6. The molecule has 3 heteroatoms. The van der Waals surface area contributed by atoms with E-state index in [-0.39, 0.29) is 11.2 Å². The largest absolute Gasteiger partial charge is 0.299 e. The standard InChI is InChI=1S/C12H12N2O/c1-8(15)12(6-7-12)11-9-4-2-3-5-10(9)13-14-11/h2-5H,6-7H2,1H3,(H,13,14). The Morgan fingerprint density at radius 3 is 2.80 bits per heavy atom. The lowest BCUT2D eigenvalue weighted by atomic mass is 9.95. The number of nitrogens with zero attached hydrogens (tertiary/aromatic N) is 1. The number of carbonyl (C=O) groups is 1. The second kappa shape index (κ2) is 2.69. The van der Waals surface area contributed by atoms with Crippen molar-refractivity contribution in [3.63, 3.8) is 0 Å². The molecule has 1 aromatic heterocycles. The number of carbonyl (C=O) groups excluding carboxylic acids is 1. The normalized spacial score (nSPS) is 17.9. The first-order valence-electron chi connectivity index (χ1n) is 5.19. The van der Waals surface area contributed by atoms with Crippen molar-refractivity contribution in [3.05, 3.63) is 30.0 Å². The summed E-state index contributed by atoms with van der Waals surface area (Å²) in [4.78, 5) is 11.6. The van der Waals surface area contributed by atoms with Gasteiger partial charge in [-0.15, -0.1) is 0 Å². The molecule has 1 aromatic carbocycles. The number of fused-ring (bicyclic) bond motifs is 1. The summed E-state index contributed by atoms with van der Waals surface area (Å²) in [5, 5.41) is 8.35. The lowest BCUT2D eigenvalue weighted by Gasteiger charge is -2.08. The number of rotatable bonds is 2. The van der Waals surface area contributed by atoms with Crippen LogP contribution in [0.15, 0.2) is 24.3 Å². The fraction of sp³-hybridized carbons (Fsp3) is 0.333. The number of para-hydroxylation sites is 1. The van der Waals surface area contributed by atoms with Gasteiger partial charge in [-0.1, -0.05) is 18.2 Å². The molecule has 0 bridgehead atoms. The van der Waals surface area contributed by atoms with Gasteiger partial charge in [0.15, 0.2) is 0 Å². The zero-order valence-corrected chi connectivity index (χ0v) is 8.58. The van der Waals surface area contributed by atoms with E-state index in [2.05, 4.69) is 10.2 Å². The molecular formula is C12H12N2O. The highest BCUT2D eigenvalue weighted by Crippen LogP contribution is 2.49. The van der Waals surface area contributed by atoms with Crippen LogP contribution >= 0.6 is 0 Å². The molecule has 1 aliphatic rings. The maximum absolute atomic E-state index is 11.6. The van der Waals surface area contributed by atoms with Crippen molar-refractivity contribution in [2.24, 2.45) is 0 Å². The zero-order valence-electron chi connectivity index (χ0n) is 8.58. The first-order valence-corrected chi connectivity index (χ1v) is 5.19. The van der Waals surface area contributed by atoms with Crippen molar-refractivity contribution in [2.75, 3.05) is 0 Å². The van der Waals surface area contributed by atoms with Crippen molar-refractivity contribution in [2.45, 2.75) is 25.2 Å². The minimum atomic E-state index is -0.254. The lowest BCUT2D eigenvalue weighted by Crippen LogP contribution is -2.17. The number of H-pyrrole nitrogens is 1. The van der Waals surface area contributed by atoms with Gasteiger partial charge >= 0.3 is 0 Å². The van der Waals surface area contributed by atoms with Crippen LogP contribution in [0, 0.1) is 0 Å². The predicted octanol–water partition coefficient (Wildman–Crippen LogP) is 2.18. The molecule has 0 unspecified atom stereocenters. The van der Waals surface area contributed by atoms with Crippen molar-refractivity contribution in [1.82, 2.24) is 10.2 Å². The first kappa shape index (κ1) is 8.65. The van der Waals surface area contributed by atoms with E-state index in [0.29, 0.717) is 0 Å². The number of benzene rings is 1. The van der Waals surface area contributed by atoms with Gasteiger partial charge in [0.25, 0.3) is 0 Å². The molecule has 0 aliphatic heterocycles. The van der Waals surface area contributed by atoms with E-state index in [1.165, 1.54) is 0 Å². The molecule has 3 rings (SSSR count). The van der Waals surface area contributed by atoms with Crippen LogP contribution in [-0.2, 0) is 10.2 Å². The van der Waals surface area contributed by atoms with Gasteiger partial charge in [-0.3, -0.25) is 9.89 Å². The highest BCUT2D eigenvalue weighted by atomic mass is 16.1. The van der Waals surface area contributed by atoms with Crippen LogP contribution in [0.2, 0.25) is 0 Å². The number of ketones is 1. The topological polar surface area (TPSA) is 45.8 Å². The molecular weight excluding hydrogens is 188 g/mol. The van der Waals surface area contributed by atoms with E-state index in [1.54, 1.807) is 6.92 Å². The molecule has 1 saturated carbocycles. The van der Waals surface area contributed by atoms with E-state index in [0.717, 1.165) is 29.4 Å². The number of hydrogen-bond acceptors (Lipinski definition) is 2. The molecule has 1 aliphatic carbocycles. The molecule has 1 heterocycles. The molecule has 1 fully saturated rings. The summed E-state index contributed by atoms with van der Waals surface area (Å²) in [6, 6.07) is 7.93. The molecule has 2 aromatic rings. The number of aromatic nitrogens is 2. The van der Waals surface area contributed by atoms with E-state index >= 15 is 0 Å². The minimum absolute atomic E-state index is 0.247. The monoisotopic (exact) mass is 200 g/mol. The molecule has 0 spiro atoms. The Bertz CT molecular complexity index is 537. The highest BCUT2D eigenvalue weighted by molar-refractivity contribution is 5.96. The Kier molecular flexibility index (Phi) is 1.55. The van der Waals surface area contributed by atoms with Crippen LogP contribution in [0.5, 0.6) is 0 Å². The molecule has 76 valence electrons. The SMILES string of the molecule is CC(=O)C1(c2[nH]nc3ccccc23)CC1. The van der Waals surface area contributed by atoms with Crippen LogP contribution in [0.3, 0.4) is 0 Å². The number of nitrogens with one attached hydrogen (secondary N) is 1. The number of Topliss-reactive ketones (excluding diaryl/α,β-unsaturated/α-hetero) is 1. The van der Waals surface area contributed by atoms with Gasteiger partial charge in [-0.05, 0) is 25.8 Å². The van der Waals surface area contributed by atoms with Crippen LogP contribution < -0.4 is 0 Å². The molecule has 0 amide bonds. The zero-order chi connectivity index (χ0) is 10.5. The van der Waals surface area contributed by atoms with Crippen LogP contribution in [0.25, 0.3) is 10.9 Å². The van der Waals surface area contributed by atoms with Crippen molar-refractivity contribution >= 4 is 16.7 Å². The lowest BCUT2D eigenvalue weighted by molar-refractivity contribution is -0.119. The summed E-state index contributed by atoms with van der Waals surface area (Å²) in [7, 11) is 0. The third kappa shape index (κ3) is 1.06. The summed E-state index contributed by atoms with van der Waals surface area (Å²) < 4.78 is 0. The number of aromatic amines is 1. The quantitative estimate of drug-likeness (QED) is 0.807. The second-order valence-corrected chi connectivity index (χ2v) is 4.25. The van der Waals surface area contributed by atoms with Crippen molar-refractivity contribution in [1.29, 1.82) is 0 Å². The van der Waals surface area contributed by atoms with Crippen molar-refractivity contribution < 1.29 is 4.79 Å². The summed E-state index contributed by atoms with van der Waals surface area (Å²) >= 11 is 0. The smallest absolute Gasteiger partial charge is 0.141 e. The van der Waals surface area contributed by atoms with Crippen LogP contribution in [-0.4, -0.2) is 16.0 Å². The summed E-state index contributed by atoms with van der Waals surface area (Å²) in [6.07, 6.45) is 1.91. The molecule has 1 N–H and O–H groups in total. The Labute approximate surface area is 87.5 Å². The van der Waals surface area contributed by atoms with Crippen LogP contribution in [0.1, 0.15) is 25.5 Å². The van der Waals surface area contributed by atoms with Gasteiger partial charge < -0.3 is 0 Å². The van der Waals surface area contributed by atoms with Gasteiger partial charge in [0.2, 0.25) is 0 Å². The first-order chi connectivity index (χ1) is 7.24. The Hall–Kier alpha value is -1.64. The maximum Gasteiger partial charge on any atom is 0.141 e. The van der Waals surface area contributed by atoms with Crippen LogP contribution in [0.4, 0.5) is 0 Å². The minimum Gasteiger partial charge on any atom is -0.299 e. The fourth-order valence-electron chi connectivity index (χ4n) is 2.23. The third-order valence-corrected chi connectivity index (χ3v) is 3.36. The van der Waals surface area contributed by atoms with E-state index in [1.807, 2.05) is 24.3 Å². The van der Waals surface area contributed by atoms with Gasteiger partial charge in [-0.25, -0.2) is 0 Å². The van der Waals surface area contributed by atoms with Gasteiger partial charge in [-0.2, -0.15) is 5.10 Å². The van der Waals surface area contributed by atoms with E-state index in [9.17, 15) is 4.79 Å². The third-order valence-electron chi connectivity index (χ3n) is 3.36. The average molecular weight is 200 g/mol. The molecule has 0 saturated heterocycles. The Morgan fingerprint density at radius 2 is 2.13 bits per heavy atom. The molecule has 3 nitrogen and oxygen atoms in total. The van der Waals surface area contributed by atoms with Gasteiger partial charge in [0.1, 0.15) is 5.78 Å². The molecule has 0 atom stereocenters. The molecule has 0 radical (unpaired) electrons. The van der Waals surface area contributed by atoms with Crippen molar-refractivity contribution in [3.8, 4) is 0 Å². The average Bonchev–Trinajstić information content (AvgIpc) is 2.93. The summed E-state index contributed by atoms with van der Waals surface area (Å²) in [5.41, 5.74) is 1.70. The van der Waals surface area contributed by atoms with Gasteiger partial charge in [0.05, 0.1) is 16.6 Å². The predicted molar refractivity (Wildman–Crippen MR) is 57.7 cm³/mol. The Balaban J connectivity index is 2.24. The van der Waals surface area contributed by atoms with E-state index < -0.39 is 0 Å². The Morgan fingerprint density at radius 1 is 1.40 bits per heavy atom. The van der Waals surface area contributed by atoms with Gasteiger partial charge in [0, 0.05) is 5.39 Å². The summed E-state index contributed by atoms with van der Waals surface area (Å²) in [5.74, 6) is 0.247.